The highest BCUT2D eigenvalue weighted by Gasteiger charge is 1.80. The van der Waals surface area contributed by atoms with Gasteiger partial charge in [0.25, 0.3) is 0 Å². The molecular weight excluding hydrogens is 152 g/mol. The first-order chi connectivity index (χ1) is 5.77. The molecule has 0 heterocycles. The highest BCUT2D eigenvalue weighted by atomic mass is 16.4. The lowest BCUT2D eigenvalue weighted by atomic mass is 10.3. The molecule has 0 aliphatic heterocycles. The van der Waals surface area contributed by atoms with Gasteiger partial charge in [-0.15, -0.1) is 0 Å². The van der Waals surface area contributed by atoms with Crippen molar-refractivity contribution in [1.82, 2.24) is 0 Å². The van der Waals surface area contributed by atoms with E-state index in [1.165, 1.54) is 0 Å². The van der Waals surface area contributed by atoms with E-state index < -0.39 is 5.97 Å². The second-order valence-electron chi connectivity index (χ2n) is 2.24. The number of hydrogen-bond donors (Lipinski definition) is 1. The Hall–Kier alpha value is -1.31. The van der Waals surface area contributed by atoms with Gasteiger partial charge < -0.3 is 5.11 Å². The highest BCUT2D eigenvalue weighted by molar-refractivity contribution is 5.79. The molecule has 0 saturated heterocycles. The normalized spacial score (nSPS) is 12.1. The highest BCUT2D eigenvalue weighted by Crippen LogP contribution is 1.88. The van der Waals surface area contributed by atoms with E-state index >= 15 is 0 Å². The third-order valence-electron chi connectivity index (χ3n) is 1.15. The fourth-order valence-electron chi connectivity index (χ4n) is 0.619. The van der Waals surface area contributed by atoms with E-state index in [1.54, 1.807) is 6.08 Å². The molecule has 0 aromatic rings. The van der Waals surface area contributed by atoms with Gasteiger partial charge in [-0.2, -0.15) is 0 Å². The van der Waals surface area contributed by atoms with Gasteiger partial charge in [-0.1, -0.05) is 37.3 Å². The monoisotopic (exact) mass is 166 g/mol. The first-order valence-corrected chi connectivity index (χ1v) is 3.98. The van der Waals surface area contributed by atoms with Crippen LogP contribution in [0.3, 0.4) is 0 Å². The molecule has 0 radical (unpaired) electrons. The van der Waals surface area contributed by atoms with Crippen molar-refractivity contribution in [2.45, 2.75) is 19.8 Å². The van der Waals surface area contributed by atoms with E-state index in [2.05, 4.69) is 6.92 Å². The van der Waals surface area contributed by atoms with Gasteiger partial charge in [0.05, 0.1) is 0 Å². The zero-order valence-electron chi connectivity index (χ0n) is 7.23. The van der Waals surface area contributed by atoms with Crippen LogP contribution in [0.25, 0.3) is 0 Å². The number of carboxylic acids is 1. The van der Waals surface area contributed by atoms with Crippen molar-refractivity contribution in [1.29, 1.82) is 0 Å². The minimum atomic E-state index is -0.896. The summed E-state index contributed by atoms with van der Waals surface area (Å²) in [6.45, 7) is 2.06. The Balaban J connectivity index is 3.48. The Morgan fingerprint density at radius 2 is 1.92 bits per heavy atom. The molecule has 12 heavy (non-hydrogen) atoms. The summed E-state index contributed by atoms with van der Waals surface area (Å²) in [5.74, 6) is -0.896. The van der Waals surface area contributed by atoms with Crippen LogP contribution in [0.15, 0.2) is 36.5 Å². The maximum Gasteiger partial charge on any atom is 0.327 e. The molecule has 0 aliphatic carbocycles. The van der Waals surface area contributed by atoms with Gasteiger partial charge in [0.15, 0.2) is 0 Å². The van der Waals surface area contributed by atoms with Crippen molar-refractivity contribution in [3.8, 4) is 0 Å². The van der Waals surface area contributed by atoms with Crippen LogP contribution in [0, 0.1) is 0 Å². The molecule has 0 unspecified atom stereocenters. The molecule has 0 aromatic heterocycles. The van der Waals surface area contributed by atoms with Crippen LogP contribution in [0.2, 0.25) is 0 Å². The third-order valence-corrected chi connectivity index (χ3v) is 1.15. The quantitative estimate of drug-likeness (QED) is 0.503. The van der Waals surface area contributed by atoms with Crippen LogP contribution in [-0.4, -0.2) is 11.1 Å². The van der Waals surface area contributed by atoms with E-state index in [0.29, 0.717) is 6.42 Å². The van der Waals surface area contributed by atoms with E-state index in [0.717, 1.165) is 12.5 Å². The van der Waals surface area contributed by atoms with Crippen LogP contribution in [-0.2, 0) is 4.79 Å². The SMILES string of the molecule is CCC=CC=CCC=CC(=O)O. The number of hydrogen-bond acceptors (Lipinski definition) is 1. The molecule has 0 saturated carbocycles. The smallest absolute Gasteiger partial charge is 0.327 e. The zero-order chi connectivity index (χ0) is 9.23. The van der Waals surface area contributed by atoms with Gasteiger partial charge >= 0.3 is 5.97 Å². The Labute approximate surface area is 72.9 Å². The van der Waals surface area contributed by atoms with E-state index in [4.69, 9.17) is 5.11 Å². The van der Waals surface area contributed by atoms with Gasteiger partial charge in [0, 0.05) is 6.08 Å². The standard InChI is InChI=1S/C10H14O2/c1-2-3-4-5-6-7-8-9-10(11)12/h3-6,8-9H,2,7H2,1H3,(H,11,12). The van der Waals surface area contributed by atoms with Gasteiger partial charge in [-0.25, -0.2) is 4.79 Å². The van der Waals surface area contributed by atoms with Crippen LogP contribution < -0.4 is 0 Å². The van der Waals surface area contributed by atoms with Crippen molar-refractivity contribution in [2.24, 2.45) is 0 Å². The first-order valence-electron chi connectivity index (χ1n) is 3.98. The molecule has 2 nitrogen and oxygen atoms in total. The number of allylic oxidation sites excluding steroid dienone is 5. The molecule has 2 heteroatoms. The van der Waals surface area contributed by atoms with Crippen molar-refractivity contribution >= 4 is 5.97 Å². The lowest BCUT2D eigenvalue weighted by Gasteiger charge is -1.79. The van der Waals surface area contributed by atoms with E-state index in [-0.39, 0.29) is 0 Å². The molecule has 0 atom stereocenters. The molecule has 0 fully saturated rings. The second-order valence-corrected chi connectivity index (χ2v) is 2.24. The first kappa shape index (κ1) is 10.7. The molecule has 0 bridgehead atoms. The maximum atomic E-state index is 10.0. The fraction of sp³-hybridized carbons (Fsp3) is 0.300. The minimum absolute atomic E-state index is 0.667. The molecule has 1 N–H and O–H groups in total. The number of rotatable bonds is 5. The molecule has 0 aromatic carbocycles. The summed E-state index contributed by atoms with van der Waals surface area (Å²) in [5, 5.41) is 8.23. The maximum absolute atomic E-state index is 10.0. The van der Waals surface area contributed by atoms with E-state index in [9.17, 15) is 4.79 Å². The zero-order valence-corrected chi connectivity index (χ0v) is 7.23. The Morgan fingerprint density at radius 3 is 2.50 bits per heavy atom. The molecule has 0 aliphatic rings. The van der Waals surface area contributed by atoms with Crippen LogP contribution in [0.5, 0.6) is 0 Å². The summed E-state index contributed by atoms with van der Waals surface area (Å²) in [4.78, 5) is 10.0. The lowest BCUT2D eigenvalue weighted by molar-refractivity contribution is -0.131. The Morgan fingerprint density at radius 1 is 1.25 bits per heavy atom. The summed E-state index contributed by atoms with van der Waals surface area (Å²) < 4.78 is 0. The molecule has 0 amide bonds. The molecule has 66 valence electrons. The Kier molecular flexibility index (Phi) is 6.94. The second kappa shape index (κ2) is 7.79. The molecule has 0 spiro atoms. The van der Waals surface area contributed by atoms with Gasteiger partial charge in [0.1, 0.15) is 0 Å². The van der Waals surface area contributed by atoms with Crippen LogP contribution in [0.4, 0.5) is 0 Å². The predicted molar refractivity (Wildman–Crippen MR) is 50.0 cm³/mol. The third kappa shape index (κ3) is 8.69. The largest absolute Gasteiger partial charge is 0.478 e. The fourth-order valence-corrected chi connectivity index (χ4v) is 0.619. The topological polar surface area (TPSA) is 37.3 Å². The summed E-state index contributed by atoms with van der Waals surface area (Å²) in [6.07, 6.45) is 12.3. The summed E-state index contributed by atoms with van der Waals surface area (Å²) in [5.41, 5.74) is 0. The molecular formula is C10H14O2. The van der Waals surface area contributed by atoms with Crippen molar-refractivity contribution in [2.75, 3.05) is 0 Å². The predicted octanol–water partition coefficient (Wildman–Crippen LogP) is 2.54. The van der Waals surface area contributed by atoms with Gasteiger partial charge in [-0.3, -0.25) is 0 Å². The number of carbonyl (C=O) groups is 1. The van der Waals surface area contributed by atoms with Crippen molar-refractivity contribution in [3.63, 3.8) is 0 Å². The number of carboxylic acid groups (broad SMARTS) is 1. The summed E-state index contributed by atoms with van der Waals surface area (Å²) in [6, 6.07) is 0. The van der Waals surface area contributed by atoms with Crippen LogP contribution in [0.1, 0.15) is 19.8 Å². The minimum Gasteiger partial charge on any atom is -0.478 e. The summed E-state index contributed by atoms with van der Waals surface area (Å²) >= 11 is 0. The molecule has 0 rings (SSSR count). The van der Waals surface area contributed by atoms with Crippen molar-refractivity contribution in [3.05, 3.63) is 36.5 Å². The van der Waals surface area contributed by atoms with Gasteiger partial charge in [-0.05, 0) is 12.8 Å². The number of aliphatic carboxylic acids is 1. The van der Waals surface area contributed by atoms with E-state index in [1.807, 2.05) is 24.3 Å². The average Bonchev–Trinajstić information content (AvgIpc) is 2.02. The van der Waals surface area contributed by atoms with Crippen molar-refractivity contribution < 1.29 is 9.90 Å². The Bertz CT molecular complexity index is 200. The lowest BCUT2D eigenvalue weighted by Crippen LogP contribution is -1.84. The average molecular weight is 166 g/mol. The van der Waals surface area contributed by atoms with Gasteiger partial charge in [0.2, 0.25) is 0 Å². The van der Waals surface area contributed by atoms with Crippen LogP contribution >= 0.6 is 0 Å². The summed E-state index contributed by atoms with van der Waals surface area (Å²) in [7, 11) is 0.